The molecule has 8 nitrogen and oxygen atoms in total. The number of halogens is 1. The number of carbonyl (C=O) groups is 3. The average molecular weight is 637 g/mol. The Labute approximate surface area is 269 Å². The van der Waals surface area contributed by atoms with Gasteiger partial charge in [0, 0.05) is 33.7 Å². The number of hydrogen-bond donors (Lipinski definition) is 3. The van der Waals surface area contributed by atoms with Gasteiger partial charge in [-0.25, -0.2) is 4.39 Å². The van der Waals surface area contributed by atoms with Crippen LogP contribution in [-0.2, 0) is 17.6 Å². The fourth-order valence-corrected chi connectivity index (χ4v) is 5.95. The van der Waals surface area contributed by atoms with Gasteiger partial charge in [-0.2, -0.15) is 0 Å². The van der Waals surface area contributed by atoms with Gasteiger partial charge in [0.05, 0.1) is 12.1 Å². The van der Waals surface area contributed by atoms with Crippen molar-refractivity contribution in [2.24, 2.45) is 0 Å². The van der Waals surface area contributed by atoms with Crippen molar-refractivity contribution in [2.75, 3.05) is 5.75 Å². The fraction of sp³-hybridized carbons (Fsp3) is 0.400. The number of aliphatic hydroxyl groups is 1. The summed E-state index contributed by atoms with van der Waals surface area (Å²) < 4.78 is 13.5. The number of carbonyl (C=O) groups excluding carboxylic acids is 3. The molecule has 3 atom stereocenters. The Balaban J connectivity index is 1.93. The van der Waals surface area contributed by atoms with Crippen LogP contribution in [0, 0.1) is 5.82 Å². The van der Waals surface area contributed by atoms with Crippen LogP contribution in [0.4, 0.5) is 9.18 Å². The predicted octanol–water partition coefficient (Wildman–Crippen LogP) is 4.59. The Kier molecular flexibility index (Phi) is 12.2. The molecule has 0 heterocycles. The third-order valence-electron chi connectivity index (χ3n) is 7.03. The summed E-state index contributed by atoms with van der Waals surface area (Å²) in [4.78, 5) is 41.1. The highest BCUT2D eigenvalue weighted by molar-refractivity contribution is 7.99. The lowest BCUT2D eigenvalue weighted by molar-refractivity contribution is -0.272. The molecule has 0 unspecified atom stereocenters. The van der Waals surface area contributed by atoms with Crippen LogP contribution in [-0.4, -0.2) is 62.9 Å². The smallest absolute Gasteiger partial charge is 0.251 e. The first kappa shape index (κ1) is 35.6. The summed E-state index contributed by atoms with van der Waals surface area (Å²) in [5.41, 5.74) is 0.419. The van der Waals surface area contributed by atoms with Gasteiger partial charge in [0.25, 0.3) is 5.91 Å². The van der Waals surface area contributed by atoms with E-state index in [4.69, 9.17) is 0 Å². The van der Waals surface area contributed by atoms with Gasteiger partial charge >= 0.3 is 0 Å². The van der Waals surface area contributed by atoms with Gasteiger partial charge in [-0.1, -0.05) is 48.5 Å². The zero-order chi connectivity index (χ0) is 33.4. The van der Waals surface area contributed by atoms with Gasteiger partial charge in [0.2, 0.25) is 5.91 Å². The first-order chi connectivity index (χ1) is 21.0. The number of nitrogens with one attached hydrogen (secondary N) is 2. The van der Waals surface area contributed by atoms with Crippen LogP contribution >= 0.6 is 11.8 Å². The standard InChI is InChI=1S/C35H44FN3O5S/c1-34(2,3)38-31(41)27-15-11-10-14-24(27)21-30(40)28(20-23-12-8-7-9-13-23)37-32(42)29(39(33(43)44)35(4,5)6)22-45-26-18-16-25(36)17-19-26/h7-19,28-30,40H,20-22H2,1-6H3,(H,37,42)(H,38,41)(H,43,44)/p-1/t28-,29+,30+/m0/s1. The molecule has 3 aromatic carbocycles. The maximum absolute atomic E-state index is 14.0. The summed E-state index contributed by atoms with van der Waals surface area (Å²) in [5, 5.41) is 29.9. The predicted molar refractivity (Wildman–Crippen MR) is 173 cm³/mol. The Hall–Kier alpha value is -3.89. The quantitative estimate of drug-likeness (QED) is 0.250. The second-order valence-electron chi connectivity index (χ2n) is 13.0. The number of rotatable bonds is 12. The largest absolute Gasteiger partial charge is 0.530 e. The Bertz CT molecular complexity index is 1440. The summed E-state index contributed by atoms with van der Waals surface area (Å²) in [7, 11) is 0. The summed E-state index contributed by atoms with van der Waals surface area (Å²) in [6, 6.07) is 20.0. The van der Waals surface area contributed by atoms with Gasteiger partial charge in [0.15, 0.2) is 0 Å². The molecule has 0 aliphatic rings. The molecule has 0 fully saturated rings. The molecule has 0 radical (unpaired) electrons. The maximum atomic E-state index is 14.0. The van der Waals surface area contributed by atoms with Crippen molar-refractivity contribution in [3.8, 4) is 0 Å². The van der Waals surface area contributed by atoms with Crippen molar-refractivity contribution in [2.45, 2.75) is 88.5 Å². The van der Waals surface area contributed by atoms with Gasteiger partial charge in [-0.05, 0) is 89.4 Å². The molecule has 3 N–H and O–H groups in total. The van der Waals surface area contributed by atoms with Crippen LogP contribution in [0.3, 0.4) is 0 Å². The van der Waals surface area contributed by atoms with E-state index >= 15 is 0 Å². The molecule has 0 aromatic heterocycles. The molecule has 0 saturated heterocycles. The number of hydrogen-bond acceptors (Lipinski definition) is 6. The molecule has 3 aromatic rings. The maximum Gasteiger partial charge on any atom is 0.251 e. The Morgan fingerprint density at radius 2 is 1.49 bits per heavy atom. The topological polar surface area (TPSA) is 122 Å². The normalized spacial score (nSPS) is 13.8. The highest BCUT2D eigenvalue weighted by atomic mass is 32.2. The molecule has 0 spiro atoms. The van der Waals surface area contributed by atoms with Crippen LogP contribution < -0.4 is 15.7 Å². The van der Waals surface area contributed by atoms with Crippen LogP contribution in [0.25, 0.3) is 0 Å². The van der Waals surface area contributed by atoms with Crippen LogP contribution in [0.2, 0.25) is 0 Å². The lowest BCUT2D eigenvalue weighted by Crippen LogP contribution is -2.63. The second kappa shape index (κ2) is 15.4. The van der Waals surface area contributed by atoms with E-state index in [9.17, 15) is 29.0 Å². The van der Waals surface area contributed by atoms with E-state index in [1.807, 2.05) is 51.1 Å². The van der Waals surface area contributed by atoms with Crippen molar-refractivity contribution in [3.05, 3.63) is 101 Å². The van der Waals surface area contributed by atoms with Crippen molar-refractivity contribution in [1.82, 2.24) is 15.5 Å². The van der Waals surface area contributed by atoms with E-state index in [1.54, 1.807) is 57.2 Å². The lowest BCUT2D eigenvalue weighted by Gasteiger charge is -2.43. The molecule has 3 amide bonds. The second-order valence-corrected chi connectivity index (χ2v) is 14.1. The summed E-state index contributed by atoms with van der Waals surface area (Å²) in [5.74, 6) is -1.27. The third kappa shape index (κ3) is 10.9. The van der Waals surface area contributed by atoms with Crippen LogP contribution in [0.15, 0.2) is 83.8 Å². The zero-order valence-corrected chi connectivity index (χ0v) is 27.5. The number of nitrogens with zero attached hydrogens (tertiary/aromatic N) is 1. The highest BCUT2D eigenvalue weighted by Gasteiger charge is 2.36. The molecule has 3 rings (SSSR count). The summed E-state index contributed by atoms with van der Waals surface area (Å²) in [6.45, 7) is 10.6. The number of amides is 3. The van der Waals surface area contributed by atoms with Gasteiger partial charge < -0.3 is 30.5 Å². The molecular weight excluding hydrogens is 593 g/mol. The zero-order valence-electron chi connectivity index (χ0n) is 26.7. The number of aliphatic hydroxyl groups excluding tert-OH is 1. The van der Waals surface area contributed by atoms with Crippen molar-refractivity contribution in [1.29, 1.82) is 0 Å². The minimum absolute atomic E-state index is 0.0205. The first-order valence-corrected chi connectivity index (χ1v) is 15.8. The van der Waals surface area contributed by atoms with Gasteiger partial charge in [0.1, 0.15) is 18.0 Å². The highest BCUT2D eigenvalue weighted by Crippen LogP contribution is 2.25. The SMILES string of the molecule is CC(C)(C)NC(=O)c1ccccc1C[C@@H](O)[C@H](Cc1ccccc1)NC(=O)[C@@H](CSc1ccc(F)cc1)N(C(=O)[O-])C(C)(C)C. The van der Waals surface area contributed by atoms with Crippen molar-refractivity contribution >= 4 is 29.7 Å². The van der Waals surface area contributed by atoms with Gasteiger partial charge in [-0.15, -0.1) is 11.8 Å². The Morgan fingerprint density at radius 1 is 0.889 bits per heavy atom. The number of thioether (sulfide) groups is 1. The average Bonchev–Trinajstić information content (AvgIpc) is 2.94. The van der Waals surface area contributed by atoms with Crippen LogP contribution in [0.1, 0.15) is 63.0 Å². The number of carboxylic acid groups (broad SMARTS) is 1. The summed E-state index contributed by atoms with van der Waals surface area (Å²) in [6.07, 6.45) is -2.33. The molecule has 0 aliphatic carbocycles. The molecule has 10 heteroatoms. The van der Waals surface area contributed by atoms with Crippen LogP contribution in [0.5, 0.6) is 0 Å². The lowest BCUT2D eigenvalue weighted by atomic mass is 9.93. The van der Waals surface area contributed by atoms with Gasteiger partial charge in [-0.3, -0.25) is 9.59 Å². The third-order valence-corrected chi connectivity index (χ3v) is 8.11. The molecular formula is C35H43FN3O5S-. The van der Waals surface area contributed by atoms with E-state index in [2.05, 4.69) is 10.6 Å². The van der Waals surface area contributed by atoms with E-state index < -0.39 is 47.1 Å². The minimum atomic E-state index is -1.51. The minimum Gasteiger partial charge on any atom is -0.530 e. The number of benzene rings is 3. The summed E-state index contributed by atoms with van der Waals surface area (Å²) >= 11 is 1.21. The van der Waals surface area contributed by atoms with Crippen molar-refractivity contribution < 1.29 is 29.0 Å². The monoisotopic (exact) mass is 636 g/mol. The van der Waals surface area contributed by atoms with E-state index in [0.29, 0.717) is 16.0 Å². The molecule has 45 heavy (non-hydrogen) atoms. The molecule has 0 aliphatic heterocycles. The van der Waals surface area contributed by atoms with E-state index in [0.717, 1.165) is 10.5 Å². The van der Waals surface area contributed by atoms with E-state index in [1.165, 1.54) is 23.9 Å². The fourth-order valence-electron chi connectivity index (χ4n) is 4.97. The first-order valence-electron chi connectivity index (χ1n) is 14.9. The van der Waals surface area contributed by atoms with E-state index in [-0.39, 0.29) is 24.5 Å². The Morgan fingerprint density at radius 3 is 2.07 bits per heavy atom. The molecule has 0 bridgehead atoms. The molecule has 0 saturated carbocycles. The van der Waals surface area contributed by atoms with Crippen molar-refractivity contribution in [3.63, 3.8) is 0 Å². The molecule has 242 valence electrons.